The Hall–Kier alpha value is -3.48. The lowest BCUT2D eigenvalue weighted by Crippen LogP contribution is -2.50. The van der Waals surface area contributed by atoms with Gasteiger partial charge < -0.3 is 20.3 Å². The minimum Gasteiger partial charge on any atom is -0.379 e. The van der Waals surface area contributed by atoms with Gasteiger partial charge in [-0.3, -0.25) is 19.1 Å². The minimum atomic E-state index is -4.60. The molecule has 5 rings (SSSR count). The molecule has 3 fully saturated rings. The maximum Gasteiger partial charge on any atom is 0.406 e. The fraction of sp³-hybridized carbons (Fsp3) is 0.613. The Balaban J connectivity index is 1.33. The molecule has 2 aromatic rings. The summed E-state index contributed by atoms with van der Waals surface area (Å²) in [5.41, 5.74) is 0.352. The van der Waals surface area contributed by atoms with Crippen molar-refractivity contribution < 1.29 is 36.7 Å². The van der Waals surface area contributed by atoms with Gasteiger partial charge in [-0.1, -0.05) is 6.07 Å². The molecule has 3 amide bonds. The van der Waals surface area contributed by atoms with Crippen LogP contribution in [0.15, 0.2) is 30.5 Å². The maximum atomic E-state index is 15.4. The lowest BCUT2D eigenvalue weighted by atomic mass is 9.88. The van der Waals surface area contributed by atoms with Crippen LogP contribution in [0.2, 0.25) is 0 Å². The number of halogens is 4. The van der Waals surface area contributed by atoms with Gasteiger partial charge in [0.15, 0.2) is 0 Å². The zero-order valence-electron chi connectivity index (χ0n) is 25.1. The fourth-order valence-corrected chi connectivity index (χ4v) is 6.20. The van der Waals surface area contributed by atoms with Gasteiger partial charge in [0, 0.05) is 18.8 Å². The molecule has 240 valence electrons. The van der Waals surface area contributed by atoms with Crippen LogP contribution in [0.3, 0.4) is 0 Å². The van der Waals surface area contributed by atoms with Crippen molar-refractivity contribution >= 4 is 23.4 Å². The number of benzene rings is 1. The third-order valence-electron chi connectivity index (χ3n) is 8.78. The van der Waals surface area contributed by atoms with Crippen molar-refractivity contribution in [2.45, 2.75) is 83.1 Å². The summed E-state index contributed by atoms with van der Waals surface area (Å²) in [6, 6.07) is 3.68. The van der Waals surface area contributed by atoms with Gasteiger partial charge >= 0.3 is 6.18 Å². The molecule has 13 heteroatoms. The van der Waals surface area contributed by atoms with E-state index >= 15 is 4.39 Å². The summed E-state index contributed by atoms with van der Waals surface area (Å²) in [5, 5.41) is 9.75. The molecule has 3 atom stereocenters. The van der Waals surface area contributed by atoms with Crippen molar-refractivity contribution in [3.63, 3.8) is 0 Å². The molecule has 9 nitrogen and oxygen atoms in total. The topological polar surface area (TPSA) is 106 Å². The number of ether oxygens (including phenoxy) is 1. The van der Waals surface area contributed by atoms with Crippen LogP contribution >= 0.6 is 0 Å². The summed E-state index contributed by atoms with van der Waals surface area (Å²) in [6.07, 6.45) is 1.03. The van der Waals surface area contributed by atoms with Crippen molar-refractivity contribution in [1.29, 1.82) is 0 Å². The van der Waals surface area contributed by atoms with Crippen LogP contribution in [0.4, 0.5) is 23.2 Å². The van der Waals surface area contributed by atoms with Crippen molar-refractivity contribution in [2.75, 3.05) is 25.1 Å². The summed E-state index contributed by atoms with van der Waals surface area (Å²) in [7, 11) is 0. The van der Waals surface area contributed by atoms with Crippen molar-refractivity contribution in [3.8, 4) is 0 Å². The quantitative estimate of drug-likeness (QED) is 0.323. The first kappa shape index (κ1) is 31.9. The lowest BCUT2D eigenvalue weighted by Gasteiger charge is -2.31. The monoisotopic (exact) mass is 621 g/mol. The van der Waals surface area contributed by atoms with Gasteiger partial charge in [0.25, 0.3) is 5.91 Å². The number of carbonyl (C=O) groups is 3. The summed E-state index contributed by atoms with van der Waals surface area (Å²) < 4.78 is 62.1. The van der Waals surface area contributed by atoms with Gasteiger partial charge in [0.2, 0.25) is 11.8 Å². The molecular formula is C31H39F4N5O4. The number of amides is 3. The number of anilines is 1. The van der Waals surface area contributed by atoms with Gasteiger partial charge in [0.05, 0.1) is 24.3 Å². The van der Waals surface area contributed by atoms with Gasteiger partial charge in [-0.25, -0.2) is 4.39 Å². The largest absolute Gasteiger partial charge is 0.406 e. The molecule has 2 N–H and O–H groups in total. The van der Waals surface area contributed by atoms with E-state index in [4.69, 9.17) is 4.74 Å². The number of nitrogens with one attached hydrogen (secondary N) is 2. The third kappa shape index (κ3) is 7.41. The van der Waals surface area contributed by atoms with E-state index in [1.54, 1.807) is 10.7 Å². The van der Waals surface area contributed by atoms with Crippen LogP contribution in [0.25, 0.3) is 0 Å². The number of rotatable bonds is 12. The summed E-state index contributed by atoms with van der Waals surface area (Å²) >= 11 is 0. The van der Waals surface area contributed by atoms with E-state index < -0.39 is 54.3 Å². The Kier molecular flexibility index (Phi) is 9.33. The van der Waals surface area contributed by atoms with E-state index in [-0.39, 0.29) is 54.7 Å². The number of carbonyl (C=O) groups excluding carboxylic acids is 3. The number of alkyl halides is 3. The average Bonchev–Trinajstić information content (AvgIpc) is 3.87. The maximum absolute atomic E-state index is 15.4. The summed E-state index contributed by atoms with van der Waals surface area (Å²) in [5.74, 6) is -3.19. The Labute approximate surface area is 253 Å². The second-order valence-corrected chi connectivity index (χ2v) is 12.5. The zero-order valence-corrected chi connectivity index (χ0v) is 25.1. The molecule has 0 spiro atoms. The van der Waals surface area contributed by atoms with Gasteiger partial charge in [-0.2, -0.15) is 18.3 Å². The van der Waals surface area contributed by atoms with Crippen molar-refractivity contribution in [2.24, 2.45) is 17.8 Å². The molecule has 1 unspecified atom stereocenters. The molecule has 44 heavy (non-hydrogen) atoms. The molecule has 1 aliphatic heterocycles. The summed E-state index contributed by atoms with van der Waals surface area (Å²) in [6.45, 7) is 4.06. The van der Waals surface area contributed by atoms with Gasteiger partial charge in [0.1, 0.15) is 24.1 Å². The molecule has 2 heterocycles. The highest BCUT2D eigenvalue weighted by Crippen LogP contribution is 2.51. The molecular weight excluding hydrogens is 582 g/mol. The molecule has 0 radical (unpaired) electrons. The highest BCUT2D eigenvalue weighted by Gasteiger charge is 2.48. The lowest BCUT2D eigenvalue weighted by molar-refractivity contribution is -0.166. The zero-order chi connectivity index (χ0) is 31.8. The average molecular weight is 622 g/mol. The minimum absolute atomic E-state index is 0.00803. The molecule has 1 aromatic heterocycles. The van der Waals surface area contributed by atoms with Crippen LogP contribution in [0.1, 0.15) is 80.9 Å². The predicted molar refractivity (Wildman–Crippen MR) is 153 cm³/mol. The number of hydrogen-bond acceptors (Lipinski definition) is 5. The number of aromatic nitrogens is 2. The normalized spacial score (nSPS) is 20.1. The van der Waals surface area contributed by atoms with E-state index in [0.717, 1.165) is 36.6 Å². The van der Waals surface area contributed by atoms with E-state index in [1.165, 1.54) is 25.3 Å². The van der Waals surface area contributed by atoms with Crippen LogP contribution in [0, 0.1) is 23.6 Å². The van der Waals surface area contributed by atoms with E-state index in [2.05, 4.69) is 15.7 Å². The smallest absolute Gasteiger partial charge is 0.379 e. The Morgan fingerprint density at radius 1 is 1.07 bits per heavy atom. The predicted octanol–water partition coefficient (Wildman–Crippen LogP) is 5.06. The van der Waals surface area contributed by atoms with E-state index in [9.17, 15) is 27.6 Å². The number of hydrogen-bond donors (Lipinski definition) is 2. The molecule has 0 bridgehead atoms. The first-order valence-corrected chi connectivity index (χ1v) is 15.2. The summed E-state index contributed by atoms with van der Waals surface area (Å²) in [4.78, 5) is 41.0. The molecule has 3 aliphatic rings. The standard InChI is InChI=1S/C31H39F4N5O4/c1-17(2)40-25(10-12-36-40)28(41)38-27(26(19-4-5-19)20-6-7-20)29(42)37-24-9-8-21(14-23(24)32)18(3)30(43)39(16-31(33,34)35)22-11-13-44-15-22/h8-10,12,14,17-20,22,26-27H,4-7,11,13,15-16H2,1-3H3,(H,37,42)(H,38,41)/t18-,22?,27-/m0/s1. The molecule has 1 aromatic carbocycles. The van der Waals surface area contributed by atoms with Crippen LogP contribution in [-0.4, -0.2) is 70.4 Å². The van der Waals surface area contributed by atoms with Crippen molar-refractivity contribution in [1.82, 2.24) is 20.0 Å². The molecule has 2 aliphatic carbocycles. The fourth-order valence-electron chi connectivity index (χ4n) is 6.20. The Morgan fingerprint density at radius 3 is 2.30 bits per heavy atom. The Morgan fingerprint density at radius 2 is 1.75 bits per heavy atom. The first-order chi connectivity index (χ1) is 20.8. The van der Waals surface area contributed by atoms with Gasteiger partial charge in [-0.15, -0.1) is 0 Å². The second-order valence-electron chi connectivity index (χ2n) is 12.5. The molecule has 1 saturated heterocycles. The van der Waals surface area contributed by atoms with Crippen LogP contribution in [-0.2, 0) is 14.3 Å². The van der Waals surface area contributed by atoms with Gasteiger partial charge in [-0.05, 0) is 94.4 Å². The Bertz CT molecular complexity index is 1350. The van der Waals surface area contributed by atoms with Crippen molar-refractivity contribution in [3.05, 3.63) is 47.5 Å². The van der Waals surface area contributed by atoms with Crippen LogP contribution < -0.4 is 10.6 Å². The highest BCUT2D eigenvalue weighted by molar-refractivity contribution is 6.01. The highest BCUT2D eigenvalue weighted by atomic mass is 19.4. The SMILES string of the molecule is CC(C)n1nccc1C(=O)N[C@H](C(=O)Nc1ccc([C@H](C)C(=O)N(CC(F)(F)F)C2CCOC2)cc1F)C(C1CC1)C1CC1. The second kappa shape index (κ2) is 12.9. The third-order valence-corrected chi connectivity index (χ3v) is 8.78. The van der Waals surface area contributed by atoms with E-state index in [0.29, 0.717) is 5.69 Å². The first-order valence-electron chi connectivity index (χ1n) is 15.2. The number of nitrogens with zero attached hydrogens (tertiary/aromatic N) is 3. The van der Waals surface area contributed by atoms with Crippen LogP contribution in [0.5, 0.6) is 0 Å². The molecule has 2 saturated carbocycles. The van der Waals surface area contributed by atoms with E-state index in [1.807, 2.05) is 13.8 Å².